The number of hydrogen-bond acceptors (Lipinski definition) is 1. The Hall–Kier alpha value is -1.93. The molecule has 0 saturated heterocycles. The first kappa shape index (κ1) is 19.4. The normalized spacial score (nSPS) is 13.5. The molecule has 134 valence electrons. The minimum absolute atomic E-state index is 0.291. The summed E-state index contributed by atoms with van der Waals surface area (Å²) >= 11 is 0. The zero-order valence-corrected chi connectivity index (χ0v) is 16.2. The number of halogens is 1. The summed E-state index contributed by atoms with van der Waals surface area (Å²) in [6.45, 7) is 14.9. The van der Waals surface area contributed by atoms with E-state index >= 15 is 4.39 Å². The fourth-order valence-electron chi connectivity index (χ4n) is 3.08. The van der Waals surface area contributed by atoms with Crippen LogP contribution >= 0.6 is 0 Å². The summed E-state index contributed by atoms with van der Waals surface area (Å²) in [6.07, 6.45) is 0.972. The summed E-state index contributed by atoms with van der Waals surface area (Å²) in [5.74, 6) is 0. The average Bonchev–Trinajstić information content (AvgIpc) is 2.56. The van der Waals surface area contributed by atoms with Gasteiger partial charge in [-0.15, -0.1) is 0 Å². The Morgan fingerprint density at radius 2 is 1.84 bits per heavy atom. The summed E-state index contributed by atoms with van der Waals surface area (Å²) in [5.41, 5.74) is 6.45. The van der Waals surface area contributed by atoms with E-state index in [4.69, 9.17) is 0 Å². The van der Waals surface area contributed by atoms with E-state index in [0.717, 1.165) is 23.1 Å². The van der Waals surface area contributed by atoms with Crippen LogP contribution < -0.4 is 5.32 Å². The molecule has 0 aliphatic heterocycles. The van der Waals surface area contributed by atoms with Crippen molar-refractivity contribution in [2.45, 2.75) is 53.3 Å². The molecule has 1 nitrogen and oxygen atoms in total. The highest BCUT2D eigenvalue weighted by atomic mass is 19.1. The third kappa shape index (κ3) is 4.79. The van der Waals surface area contributed by atoms with Crippen LogP contribution in [0.2, 0.25) is 0 Å². The number of alkyl halides is 1. The van der Waals surface area contributed by atoms with Gasteiger partial charge in [0.15, 0.2) is 0 Å². The molecule has 2 aromatic carbocycles. The van der Waals surface area contributed by atoms with Crippen molar-refractivity contribution in [2.75, 3.05) is 6.54 Å². The molecule has 2 rings (SSSR count). The molecule has 0 radical (unpaired) electrons. The lowest BCUT2D eigenvalue weighted by Crippen LogP contribution is -2.31. The molecule has 0 bridgehead atoms. The van der Waals surface area contributed by atoms with E-state index in [0.29, 0.717) is 13.1 Å². The van der Waals surface area contributed by atoms with Crippen molar-refractivity contribution in [3.05, 3.63) is 76.4 Å². The highest BCUT2D eigenvalue weighted by molar-refractivity contribution is 5.65. The zero-order valence-electron chi connectivity index (χ0n) is 16.2. The van der Waals surface area contributed by atoms with Gasteiger partial charge in [-0.2, -0.15) is 0 Å². The van der Waals surface area contributed by atoms with E-state index in [9.17, 15) is 0 Å². The van der Waals surface area contributed by atoms with Gasteiger partial charge in [0.25, 0.3) is 0 Å². The number of nitrogens with one attached hydrogen (secondary N) is 1. The predicted octanol–water partition coefficient (Wildman–Crippen LogP) is 5.87. The smallest absolute Gasteiger partial charge is 0.145 e. The van der Waals surface area contributed by atoms with E-state index in [1.165, 1.54) is 22.3 Å². The van der Waals surface area contributed by atoms with Gasteiger partial charge in [-0.05, 0) is 67.5 Å². The SMILES string of the molecule is C=C(C)c1ccc(CNCC(C)(F)c2ccc(C)c(C)c2)cc1CC. The number of hydrogen-bond donors (Lipinski definition) is 1. The fourth-order valence-corrected chi connectivity index (χ4v) is 3.08. The molecule has 2 heteroatoms. The molecule has 0 spiro atoms. The lowest BCUT2D eigenvalue weighted by Gasteiger charge is -2.23. The minimum Gasteiger partial charge on any atom is -0.309 e. The van der Waals surface area contributed by atoms with Crippen molar-refractivity contribution in [1.29, 1.82) is 0 Å². The second kappa shape index (κ2) is 7.97. The topological polar surface area (TPSA) is 12.0 Å². The molecule has 0 heterocycles. The van der Waals surface area contributed by atoms with Crippen LogP contribution in [0.3, 0.4) is 0 Å². The minimum atomic E-state index is -1.39. The number of allylic oxidation sites excluding steroid dienone is 1. The Balaban J connectivity index is 2.04. The summed E-state index contributed by atoms with van der Waals surface area (Å²) in [4.78, 5) is 0. The maximum atomic E-state index is 15.1. The molecule has 1 N–H and O–H groups in total. The molecular formula is C23H30FN. The number of rotatable bonds is 7. The third-order valence-electron chi connectivity index (χ3n) is 4.91. The van der Waals surface area contributed by atoms with Gasteiger partial charge in [0.1, 0.15) is 5.67 Å². The first-order chi connectivity index (χ1) is 11.7. The number of benzene rings is 2. The van der Waals surface area contributed by atoms with Crippen molar-refractivity contribution in [2.24, 2.45) is 0 Å². The van der Waals surface area contributed by atoms with Crippen LogP contribution in [0.25, 0.3) is 5.57 Å². The van der Waals surface area contributed by atoms with Crippen LogP contribution in [0.5, 0.6) is 0 Å². The van der Waals surface area contributed by atoms with Crippen LogP contribution in [-0.4, -0.2) is 6.54 Å². The van der Waals surface area contributed by atoms with Gasteiger partial charge in [-0.1, -0.05) is 55.5 Å². The Morgan fingerprint density at radius 1 is 1.12 bits per heavy atom. The van der Waals surface area contributed by atoms with Crippen LogP contribution in [0.1, 0.15) is 54.2 Å². The zero-order chi connectivity index (χ0) is 18.6. The monoisotopic (exact) mass is 339 g/mol. The van der Waals surface area contributed by atoms with Crippen molar-refractivity contribution < 1.29 is 4.39 Å². The lowest BCUT2D eigenvalue weighted by atomic mass is 9.94. The second-order valence-electron chi connectivity index (χ2n) is 7.23. The van der Waals surface area contributed by atoms with E-state index in [-0.39, 0.29) is 0 Å². The van der Waals surface area contributed by atoms with Gasteiger partial charge in [0.05, 0.1) is 0 Å². The third-order valence-corrected chi connectivity index (χ3v) is 4.91. The largest absolute Gasteiger partial charge is 0.309 e. The van der Waals surface area contributed by atoms with Crippen LogP contribution in [0.4, 0.5) is 4.39 Å². The molecule has 1 atom stereocenters. The summed E-state index contributed by atoms with van der Waals surface area (Å²) in [7, 11) is 0. The van der Waals surface area contributed by atoms with E-state index < -0.39 is 5.67 Å². The van der Waals surface area contributed by atoms with Gasteiger partial charge in [0.2, 0.25) is 0 Å². The maximum absolute atomic E-state index is 15.1. The molecule has 1 unspecified atom stereocenters. The molecule has 0 saturated carbocycles. The van der Waals surface area contributed by atoms with Crippen molar-refractivity contribution in [3.8, 4) is 0 Å². The summed E-state index contributed by atoms with van der Waals surface area (Å²) < 4.78 is 15.1. The van der Waals surface area contributed by atoms with Crippen LogP contribution in [-0.2, 0) is 18.6 Å². The fraction of sp³-hybridized carbons (Fsp3) is 0.391. The Morgan fingerprint density at radius 3 is 2.44 bits per heavy atom. The van der Waals surface area contributed by atoms with Gasteiger partial charge in [-0.3, -0.25) is 0 Å². The molecule has 0 aliphatic carbocycles. The van der Waals surface area contributed by atoms with E-state index in [2.05, 4.69) is 37.0 Å². The molecule has 0 fully saturated rings. The Kier molecular flexibility index (Phi) is 6.18. The van der Waals surface area contributed by atoms with Crippen molar-refractivity contribution in [3.63, 3.8) is 0 Å². The molecule has 25 heavy (non-hydrogen) atoms. The maximum Gasteiger partial charge on any atom is 0.145 e. The second-order valence-corrected chi connectivity index (χ2v) is 7.23. The Bertz CT molecular complexity index is 759. The highest BCUT2D eigenvalue weighted by Crippen LogP contribution is 2.27. The molecular weight excluding hydrogens is 309 g/mol. The average molecular weight is 339 g/mol. The van der Waals surface area contributed by atoms with Crippen LogP contribution in [0, 0.1) is 13.8 Å². The summed E-state index contributed by atoms with van der Waals surface area (Å²) in [6, 6.07) is 12.3. The first-order valence-electron chi connectivity index (χ1n) is 8.99. The molecule has 0 amide bonds. The standard InChI is InChI=1S/C23H30FN/c1-7-20-13-19(9-11-22(20)16(2)3)14-25-15-23(6,24)21-10-8-17(4)18(5)12-21/h8-13,25H,2,7,14-15H2,1,3-6H3. The quantitative estimate of drug-likeness (QED) is 0.665. The molecule has 2 aromatic rings. The van der Waals surface area contributed by atoms with Gasteiger partial charge < -0.3 is 5.32 Å². The van der Waals surface area contributed by atoms with Crippen LogP contribution in [0.15, 0.2) is 43.0 Å². The van der Waals surface area contributed by atoms with E-state index in [1.807, 2.05) is 39.0 Å². The van der Waals surface area contributed by atoms with E-state index in [1.54, 1.807) is 6.92 Å². The van der Waals surface area contributed by atoms with Gasteiger partial charge >= 0.3 is 0 Å². The van der Waals surface area contributed by atoms with Gasteiger partial charge in [0, 0.05) is 13.1 Å². The first-order valence-corrected chi connectivity index (χ1v) is 8.99. The highest BCUT2D eigenvalue weighted by Gasteiger charge is 2.25. The molecule has 0 aliphatic rings. The van der Waals surface area contributed by atoms with Crippen molar-refractivity contribution in [1.82, 2.24) is 5.32 Å². The Labute approximate surface area is 152 Å². The molecule has 0 aromatic heterocycles. The lowest BCUT2D eigenvalue weighted by molar-refractivity contribution is 0.186. The number of aryl methyl sites for hydroxylation is 3. The summed E-state index contributed by atoms with van der Waals surface area (Å²) in [5, 5.41) is 3.28. The van der Waals surface area contributed by atoms with Gasteiger partial charge in [-0.25, -0.2) is 4.39 Å². The predicted molar refractivity (Wildman–Crippen MR) is 107 cm³/mol. The van der Waals surface area contributed by atoms with Crippen molar-refractivity contribution >= 4 is 5.57 Å².